The van der Waals surface area contributed by atoms with Crippen LogP contribution in [-0.2, 0) is 0 Å². The van der Waals surface area contributed by atoms with E-state index >= 15 is 0 Å². The van der Waals surface area contributed by atoms with Crippen LogP contribution < -0.4 is 0 Å². The number of imidazole rings is 1. The van der Waals surface area contributed by atoms with Gasteiger partial charge >= 0.3 is 0 Å². The Balaban J connectivity index is 1.35. The monoisotopic (exact) mass is 425 g/mol. The Morgan fingerprint density at radius 1 is 0.935 bits per heavy atom. The van der Waals surface area contributed by atoms with Crippen LogP contribution >= 0.6 is 11.3 Å². The molecule has 0 unspecified atom stereocenters. The van der Waals surface area contributed by atoms with Crippen molar-refractivity contribution >= 4 is 17.1 Å². The van der Waals surface area contributed by atoms with E-state index in [1.807, 2.05) is 90.7 Å². The van der Waals surface area contributed by atoms with Gasteiger partial charge in [0.05, 0.1) is 5.69 Å². The third-order valence-corrected chi connectivity index (χ3v) is 5.92. The highest BCUT2D eigenvalue weighted by atomic mass is 32.1. The lowest BCUT2D eigenvalue weighted by atomic mass is 10.1. The molecular weight excluding hydrogens is 406 g/mol. The van der Waals surface area contributed by atoms with Crippen LogP contribution in [0, 0.1) is 13.8 Å². The molecule has 0 aliphatic heterocycles. The molecule has 6 heteroatoms. The zero-order chi connectivity index (χ0) is 21.4. The molecule has 5 nitrogen and oxygen atoms in total. The molecule has 0 aliphatic carbocycles. The number of nitrogens with zero attached hydrogens (tertiary/aromatic N) is 3. The quantitative estimate of drug-likeness (QED) is 0.319. The standard InChI is InChI=1S/C25H19N3O2S/c1-16-3-5-20(6-4-16)25-27-21(14-31-25)24(29)19-9-7-18(8-10-19)22-11-12-23(30-22)28-13-17(2)26-15-28/h3-15H,1-2H3. The summed E-state index contributed by atoms with van der Waals surface area (Å²) in [4.78, 5) is 21.7. The zero-order valence-electron chi connectivity index (χ0n) is 17.1. The summed E-state index contributed by atoms with van der Waals surface area (Å²) in [6, 6.07) is 19.4. The summed E-state index contributed by atoms with van der Waals surface area (Å²) in [6.07, 6.45) is 3.63. The average Bonchev–Trinajstić information content (AvgIpc) is 3.54. The summed E-state index contributed by atoms with van der Waals surface area (Å²) in [6.45, 7) is 3.98. The number of ketones is 1. The molecule has 31 heavy (non-hydrogen) atoms. The van der Waals surface area contributed by atoms with Crippen LogP contribution in [0.4, 0.5) is 0 Å². The van der Waals surface area contributed by atoms with E-state index < -0.39 is 0 Å². The van der Waals surface area contributed by atoms with Gasteiger partial charge in [-0.1, -0.05) is 54.1 Å². The largest absolute Gasteiger partial charge is 0.440 e. The average molecular weight is 426 g/mol. The summed E-state index contributed by atoms with van der Waals surface area (Å²) in [5, 5.41) is 2.66. The molecule has 0 aliphatic rings. The molecular formula is C25H19N3O2S. The SMILES string of the molecule is Cc1ccc(-c2nc(C(=O)c3ccc(-c4ccc(-n5cnc(C)c5)o4)cc3)cs2)cc1. The molecule has 0 atom stereocenters. The zero-order valence-corrected chi connectivity index (χ0v) is 17.9. The first-order valence-corrected chi connectivity index (χ1v) is 10.7. The van der Waals surface area contributed by atoms with Crippen molar-refractivity contribution in [2.24, 2.45) is 0 Å². The summed E-state index contributed by atoms with van der Waals surface area (Å²) < 4.78 is 7.78. The Morgan fingerprint density at radius 2 is 1.68 bits per heavy atom. The lowest BCUT2D eigenvalue weighted by Crippen LogP contribution is -2.01. The fraction of sp³-hybridized carbons (Fsp3) is 0.0800. The summed E-state index contributed by atoms with van der Waals surface area (Å²) in [7, 11) is 0. The van der Waals surface area contributed by atoms with E-state index in [2.05, 4.69) is 9.97 Å². The first-order chi connectivity index (χ1) is 15.1. The molecule has 3 aromatic heterocycles. The summed E-state index contributed by atoms with van der Waals surface area (Å²) in [5.41, 5.74) is 5.10. The van der Waals surface area contributed by atoms with Crippen LogP contribution in [0.5, 0.6) is 0 Å². The van der Waals surface area contributed by atoms with Crippen LogP contribution in [0.15, 0.2) is 83.0 Å². The molecule has 0 saturated heterocycles. The van der Waals surface area contributed by atoms with Crippen molar-refractivity contribution in [1.82, 2.24) is 14.5 Å². The van der Waals surface area contributed by atoms with E-state index in [1.54, 1.807) is 6.33 Å². The molecule has 0 radical (unpaired) electrons. The minimum absolute atomic E-state index is 0.0878. The summed E-state index contributed by atoms with van der Waals surface area (Å²) in [5.74, 6) is 1.34. The number of aryl methyl sites for hydroxylation is 2. The molecule has 0 spiro atoms. The molecule has 0 saturated carbocycles. The Labute approximate surface area is 183 Å². The molecule has 5 rings (SSSR count). The van der Waals surface area contributed by atoms with Gasteiger partial charge < -0.3 is 4.42 Å². The van der Waals surface area contributed by atoms with E-state index in [1.165, 1.54) is 16.9 Å². The maximum Gasteiger partial charge on any atom is 0.212 e. The van der Waals surface area contributed by atoms with Crippen LogP contribution in [0.3, 0.4) is 0 Å². The maximum absolute atomic E-state index is 12.9. The lowest BCUT2D eigenvalue weighted by molar-refractivity contribution is 0.103. The van der Waals surface area contributed by atoms with Crippen molar-refractivity contribution in [1.29, 1.82) is 0 Å². The maximum atomic E-state index is 12.9. The number of hydrogen-bond acceptors (Lipinski definition) is 5. The molecule has 0 bridgehead atoms. The summed E-state index contributed by atoms with van der Waals surface area (Å²) >= 11 is 1.48. The Bertz CT molecular complexity index is 1360. The third-order valence-electron chi connectivity index (χ3n) is 5.02. The molecule has 5 aromatic rings. The van der Waals surface area contributed by atoms with E-state index in [0.717, 1.165) is 27.6 Å². The van der Waals surface area contributed by atoms with Gasteiger partial charge in [-0.15, -0.1) is 11.3 Å². The van der Waals surface area contributed by atoms with Gasteiger partial charge in [0.1, 0.15) is 22.8 Å². The van der Waals surface area contributed by atoms with Crippen molar-refractivity contribution in [3.8, 4) is 27.8 Å². The van der Waals surface area contributed by atoms with E-state index in [0.29, 0.717) is 17.1 Å². The third kappa shape index (κ3) is 3.85. The number of aromatic nitrogens is 3. The number of benzene rings is 2. The molecule has 0 N–H and O–H groups in total. The van der Waals surface area contributed by atoms with Crippen molar-refractivity contribution in [3.63, 3.8) is 0 Å². The molecule has 3 heterocycles. The lowest BCUT2D eigenvalue weighted by Gasteiger charge is -2.01. The second-order valence-electron chi connectivity index (χ2n) is 7.37. The van der Waals surface area contributed by atoms with E-state index in [-0.39, 0.29) is 5.78 Å². The van der Waals surface area contributed by atoms with Crippen LogP contribution in [0.2, 0.25) is 0 Å². The van der Waals surface area contributed by atoms with Gasteiger partial charge in [-0.3, -0.25) is 9.36 Å². The number of carbonyl (C=O) groups is 1. The number of carbonyl (C=O) groups excluding carboxylic acids is 1. The van der Waals surface area contributed by atoms with Gasteiger partial charge in [0.25, 0.3) is 0 Å². The second kappa shape index (κ2) is 7.81. The van der Waals surface area contributed by atoms with E-state index in [4.69, 9.17) is 4.42 Å². The van der Waals surface area contributed by atoms with Crippen LogP contribution in [0.25, 0.3) is 27.8 Å². The van der Waals surface area contributed by atoms with Crippen molar-refractivity contribution in [2.75, 3.05) is 0 Å². The topological polar surface area (TPSA) is 60.9 Å². The number of rotatable bonds is 5. The van der Waals surface area contributed by atoms with Gasteiger partial charge in [0, 0.05) is 34.3 Å². The Hall–Kier alpha value is -3.77. The molecule has 2 aromatic carbocycles. The number of hydrogen-bond donors (Lipinski definition) is 0. The number of furan rings is 1. The highest BCUT2D eigenvalue weighted by Crippen LogP contribution is 2.27. The van der Waals surface area contributed by atoms with Crippen LogP contribution in [-0.4, -0.2) is 20.3 Å². The van der Waals surface area contributed by atoms with Crippen LogP contribution in [0.1, 0.15) is 27.3 Å². The minimum Gasteiger partial charge on any atom is -0.440 e. The van der Waals surface area contributed by atoms with Gasteiger partial charge in [0.2, 0.25) is 11.7 Å². The van der Waals surface area contributed by atoms with Crippen molar-refractivity contribution in [3.05, 3.63) is 101 Å². The Morgan fingerprint density at radius 3 is 2.39 bits per heavy atom. The predicted octanol–water partition coefficient (Wildman–Crippen LogP) is 6.10. The smallest absolute Gasteiger partial charge is 0.212 e. The van der Waals surface area contributed by atoms with Gasteiger partial charge in [0.15, 0.2) is 0 Å². The first-order valence-electron chi connectivity index (χ1n) is 9.85. The van der Waals surface area contributed by atoms with Gasteiger partial charge in [-0.05, 0) is 19.9 Å². The van der Waals surface area contributed by atoms with Gasteiger partial charge in [-0.2, -0.15) is 0 Å². The highest BCUT2D eigenvalue weighted by Gasteiger charge is 2.15. The molecule has 0 amide bonds. The first kappa shape index (κ1) is 19.2. The normalized spacial score (nSPS) is 11.0. The van der Waals surface area contributed by atoms with Crippen molar-refractivity contribution in [2.45, 2.75) is 13.8 Å². The van der Waals surface area contributed by atoms with Gasteiger partial charge in [-0.25, -0.2) is 9.97 Å². The second-order valence-corrected chi connectivity index (χ2v) is 8.23. The molecule has 0 fully saturated rings. The fourth-order valence-electron chi connectivity index (χ4n) is 3.30. The minimum atomic E-state index is -0.0878. The van der Waals surface area contributed by atoms with E-state index in [9.17, 15) is 4.79 Å². The number of thiazole rings is 1. The fourth-order valence-corrected chi connectivity index (χ4v) is 4.11. The Kier molecular flexibility index (Phi) is 4.84. The molecule has 152 valence electrons. The van der Waals surface area contributed by atoms with Crippen molar-refractivity contribution < 1.29 is 9.21 Å². The predicted molar refractivity (Wildman–Crippen MR) is 122 cm³/mol. The highest BCUT2D eigenvalue weighted by molar-refractivity contribution is 7.13.